The molecule has 4 nitrogen and oxygen atoms in total. The van der Waals surface area contributed by atoms with E-state index in [0.29, 0.717) is 32.1 Å². The molecule has 0 saturated carbocycles. The maximum Gasteiger partial charge on any atom is 0.255 e. The zero-order chi connectivity index (χ0) is 19.0. The quantitative estimate of drug-likeness (QED) is 0.403. The van der Waals surface area contributed by atoms with E-state index in [9.17, 15) is 4.79 Å². The smallest absolute Gasteiger partial charge is 0.255 e. The van der Waals surface area contributed by atoms with Crippen molar-refractivity contribution in [3.8, 4) is 11.4 Å². The van der Waals surface area contributed by atoms with E-state index >= 15 is 0 Å². The second kappa shape index (κ2) is 7.24. The standard InChI is InChI=1S/C20H12Cl3N3O/c21-13-8-9-15-17(10-13)25-19(24-15)11-4-6-12(7-5-11)20(27)26-16-3-1-2-14(22)18(16)23/h1-10H,(H,24,25)(H,26,27). The zero-order valence-corrected chi connectivity index (χ0v) is 16.0. The molecule has 0 unspecified atom stereocenters. The summed E-state index contributed by atoms with van der Waals surface area (Å²) in [6.07, 6.45) is 0. The van der Waals surface area contributed by atoms with Crippen molar-refractivity contribution in [2.24, 2.45) is 0 Å². The van der Waals surface area contributed by atoms with Gasteiger partial charge in [0.25, 0.3) is 5.91 Å². The molecule has 7 heteroatoms. The lowest BCUT2D eigenvalue weighted by molar-refractivity contribution is 0.102. The molecule has 1 heterocycles. The van der Waals surface area contributed by atoms with Gasteiger partial charge in [-0.05, 0) is 42.5 Å². The normalized spacial score (nSPS) is 10.9. The van der Waals surface area contributed by atoms with Gasteiger partial charge in [-0.1, -0.05) is 53.0 Å². The highest BCUT2D eigenvalue weighted by molar-refractivity contribution is 6.44. The molecular formula is C20H12Cl3N3O. The lowest BCUT2D eigenvalue weighted by Gasteiger charge is -2.08. The van der Waals surface area contributed by atoms with Crippen molar-refractivity contribution in [2.75, 3.05) is 5.32 Å². The van der Waals surface area contributed by atoms with Gasteiger partial charge in [0.15, 0.2) is 0 Å². The first kappa shape index (κ1) is 17.9. The van der Waals surface area contributed by atoms with Crippen LogP contribution in [0.15, 0.2) is 60.7 Å². The first-order valence-electron chi connectivity index (χ1n) is 8.02. The molecule has 2 N–H and O–H groups in total. The van der Waals surface area contributed by atoms with Crippen LogP contribution in [0.1, 0.15) is 10.4 Å². The van der Waals surface area contributed by atoms with E-state index in [1.54, 1.807) is 36.4 Å². The molecule has 0 saturated heterocycles. The minimum atomic E-state index is -0.276. The molecular weight excluding hydrogens is 405 g/mol. The first-order valence-corrected chi connectivity index (χ1v) is 9.16. The number of imidazole rings is 1. The molecule has 0 spiro atoms. The second-order valence-electron chi connectivity index (χ2n) is 5.88. The van der Waals surface area contributed by atoms with Crippen LogP contribution in [-0.2, 0) is 0 Å². The number of carbonyl (C=O) groups is 1. The van der Waals surface area contributed by atoms with Crippen molar-refractivity contribution in [3.63, 3.8) is 0 Å². The van der Waals surface area contributed by atoms with E-state index in [2.05, 4.69) is 15.3 Å². The molecule has 4 aromatic rings. The van der Waals surface area contributed by atoms with E-state index in [1.807, 2.05) is 24.3 Å². The molecule has 1 aromatic heterocycles. The average molecular weight is 417 g/mol. The molecule has 1 amide bonds. The van der Waals surface area contributed by atoms with Gasteiger partial charge >= 0.3 is 0 Å². The summed E-state index contributed by atoms with van der Waals surface area (Å²) in [4.78, 5) is 20.2. The zero-order valence-electron chi connectivity index (χ0n) is 13.8. The summed E-state index contributed by atoms with van der Waals surface area (Å²) in [5, 5.41) is 4.10. The Bertz CT molecular complexity index is 1150. The summed E-state index contributed by atoms with van der Waals surface area (Å²) >= 11 is 18.1. The number of rotatable bonds is 3. The Labute approximate surface area is 170 Å². The lowest BCUT2D eigenvalue weighted by atomic mass is 10.1. The van der Waals surface area contributed by atoms with Gasteiger partial charge in [-0.15, -0.1) is 0 Å². The Morgan fingerprint density at radius 3 is 2.52 bits per heavy atom. The molecule has 0 atom stereocenters. The number of nitrogens with zero attached hydrogens (tertiary/aromatic N) is 1. The summed E-state index contributed by atoms with van der Waals surface area (Å²) in [6.45, 7) is 0. The van der Waals surface area contributed by atoms with E-state index < -0.39 is 0 Å². The van der Waals surface area contributed by atoms with Crippen LogP contribution < -0.4 is 5.32 Å². The number of anilines is 1. The van der Waals surface area contributed by atoms with Crippen molar-refractivity contribution in [3.05, 3.63) is 81.3 Å². The van der Waals surface area contributed by atoms with E-state index in [4.69, 9.17) is 34.8 Å². The SMILES string of the molecule is O=C(Nc1cccc(Cl)c1Cl)c1ccc(-c2nc3ccc(Cl)cc3[nH]2)cc1. The highest BCUT2D eigenvalue weighted by atomic mass is 35.5. The molecule has 0 aliphatic carbocycles. The summed E-state index contributed by atoms with van der Waals surface area (Å²) in [5.74, 6) is 0.430. The Morgan fingerprint density at radius 1 is 0.963 bits per heavy atom. The van der Waals surface area contributed by atoms with Gasteiger partial charge in [0.2, 0.25) is 0 Å². The lowest BCUT2D eigenvalue weighted by Crippen LogP contribution is -2.12. The van der Waals surface area contributed by atoms with Crippen LogP contribution in [0.3, 0.4) is 0 Å². The van der Waals surface area contributed by atoms with Crippen molar-refractivity contribution in [1.29, 1.82) is 0 Å². The van der Waals surface area contributed by atoms with E-state index in [0.717, 1.165) is 16.6 Å². The van der Waals surface area contributed by atoms with Crippen LogP contribution in [0.5, 0.6) is 0 Å². The molecule has 134 valence electrons. The number of carbonyl (C=O) groups excluding carboxylic acids is 1. The van der Waals surface area contributed by atoms with Gasteiger partial charge in [0, 0.05) is 16.1 Å². The molecule has 0 aliphatic heterocycles. The minimum Gasteiger partial charge on any atom is -0.338 e. The van der Waals surface area contributed by atoms with Crippen LogP contribution in [0, 0.1) is 0 Å². The minimum absolute atomic E-state index is 0.276. The number of halogens is 3. The highest BCUT2D eigenvalue weighted by Gasteiger charge is 2.11. The fourth-order valence-electron chi connectivity index (χ4n) is 2.69. The summed E-state index contributed by atoms with van der Waals surface area (Å²) < 4.78 is 0. The topological polar surface area (TPSA) is 57.8 Å². The maximum atomic E-state index is 12.5. The predicted octanol–water partition coefficient (Wildman–Crippen LogP) is 6.44. The summed E-state index contributed by atoms with van der Waals surface area (Å²) in [7, 11) is 0. The monoisotopic (exact) mass is 415 g/mol. The number of amides is 1. The summed E-state index contributed by atoms with van der Waals surface area (Å²) in [6, 6.07) is 17.7. The Kier molecular flexibility index (Phi) is 4.79. The number of nitrogens with one attached hydrogen (secondary N) is 2. The van der Waals surface area contributed by atoms with Gasteiger partial charge < -0.3 is 10.3 Å². The fraction of sp³-hybridized carbons (Fsp3) is 0. The van der Waals surface area contributed by atoms with E-state index in [-0.39, 0.29) is 5.91 Å². The second-order valence-corrected chi connectivity index (χ2v) is 7.10. The molecule has 0 radical (unpaired) electrons. The Balaban J connectivity index is 1.57. The molecule has 4 rings (SSSR count). The predicted molar refractivity (Wildman–Crippen MR) is 111 cm³/mol. The van der Waals surface area contributed by atoms with E-state index in [1.165, 1.54) is 0 Å². The number of aromatic amines is 1. The average Bonchev–Trinajstić information content (AvgIpc) is 3.08. The van der Waals surface area contributed by atoms with Crippen LogP contribution in [-0.4, -0.2) is 15.9 Å². The molecule has 27 heavy (non-hydrogen) atoms. The van der Waals surface area contributed by atoms with Crippen molar-refractivity contribution >= 4 is 57.4 Å². The molecule has 3 aromatic carbocycles. The van der Waals surface area contributed by atoms with Crippen LogP contribution in [0.4, 0.5) is 5.69 Å². The maximum absolute atomic E-state index is 12.5. The Hall–Kier alpha value is -2.53. The Morgan fingerprint density at radius 2 is 1.74 bits per heavy atom. The van der Waals surface area contributed by atoms with Crippen LogP contribution in [0.25, 0.3) is 22.4 Å². The number of hydrogen-bond donors (Lipinski definition) is 2. The number of aromatic nitrogens is 2. The third kappa shape index (κ3) is 3.65. The number of H-pyrrole nitrogens is 1. The van der Waals surface area contributed by atoms with Gasteiger partial charge in [0.05, 0.1) is 26.8 Å². The van der Waals surface area contributed by atoms with Gasteiger partial charge in [-0.3, -0.25) is 4.79 Å². The van der Waals surface area contributed by atoms with Gasteiger partial charge in [0.1, 0.15) is 5.82 Å². The number of hydrogen-bond acceptors (Lipinski definition) is 2. The molecule has 0 fully saturated rings. The highest BCUT2D eigenvalue weighted by Crippen LogP contribution is 2.30. The van der Waals surface area contributed by atoms with Crippen LogP contribution >= 0.6 is 34.8 Å². The fourth-order valence-corrected chi connectivity index (χ4v) is 3.21. The van der Waals surface area contributed by atoms with Crippen molar-refractivity contribution in [1.82, 2.24) is 9.97 Å². The third-order valence-electron chi connectivity index (χ3n) is 4.06. The van der Waals surface area contributed by atoms with Gasteiger partial charge in [-0.2, -0.15) is 0 Å². The van der Waals surface area contributed by atoms with Crippen molar-refractivity contribution < 1.29 is 4.79 Å². The number of benzene rings is 3. The van der Waals surface area contributed by atoms with Crippen LogP contribution in [0.2, 0.25) is 15.1 Å². The van der Waals surface area contributed by atoms with Crippen molar-refractivity contribution in [2.45, 2.75) is 0 Å². The number of fused-ring (bicyclic) bond motifs is 1. The largest absolute Gasteiger partial charge is 0.338 e. The first-order chi connectivity index (χ1) is 13.0. The molecule has 0 bridgehead atoms. The summed E-state index contributed by atoms with van der Waals surface area (Å²) in [5.41, 5.74) is 3.50. The third-order valence-corrected chi connectivity index (χ3v) is 5.12. The van der Waals surface area contributed by atoms with Gasteiger partial charge in [-0.25, -0.2) is 4.98 Å². The molecule has 0 aliphatic rings.